The summed E-state index contributed by atoms with van der Waals surface area (Å²) in [5, 5.41) is 10.5. The fraction of sp³-hybridized carbons (Fsp3) is 0.500. The number of ether oxygens (including phenoxy) is 1. The molecule has 2 aromatic carbocycles. The van der Waals surface area contributed by atoms with Gasteiger partial charge in [-0.25, -0.2) is 18.1 Å². The molecule has 44 heavy (non-hydrogen) atoms. The number of amides is 1. The van der Waals surface area contributed by atoms with E-state index in [1.807, 2.05) is 50.8 Å². The summed E-state index contributed by atoms with van der Waals surface area (Å²) in [6.45, 7) is 14.7. The minimum atomic E-state index is -4.13. The van der Waals surface area contributed by atoms with Crippen LogP contribution in [0.25, 0.3) is 11.3 Å². The van der Waals surface area contributed by atoms with Gasteiger partial charge in [0.25, 0.3) is 15.9 Å². The summed E-state index contributed by atoms with van der Waals surface area (Å²) >= 11 is 0. The summed E-state index contributed by atoms with van der Waals surface area (Å²) in [7, 11) is -4.13. The van der Waals surface area contributed by atoms with E-state index in [1.165, 1.54) is 12.1 Å². The Hall–Kier alpha value is -3.50. The van der Waals surface area contributed by atoms with E-state index in [1.54, 1.807) is 18.2 Å². The summed E-state index contributed by atoms with van der Waals surface area (Å²) in [6.07, 6.45) is 2.27. The molecule has 236 valence electrons. The number of nitrogens with zero attached hydrogens (tertiary/aromatic N) is 3. The highest BCUT2D eigenvalue weighted by atomic mass is 32.2. The van der Waals surface area contributed by atoms with Gasteiger partial charge in [0.05, 0.1) is 22.2 Å². The third-order valence-corrected chi connectivity index (χ3v) is 10.0. The number of nitrogens with one attached hydrogen (secondary N) is 1. The number of hydrogen-bond donors (Lipinski definition) is 2. The monoisotopic (exact) mass is 620 g/mol. The molecule has 1 aliphatic carbocycles. The van der Waals surface area contributed by atoms with Crippen LogP contribution in [-0.4, -0.2) is 59.1 Å². The zero-order valence-corrected chi connectivity index (χ0v) is 27.5. The van der Waals surface area contributed by atoms with E-state index < -0.39 is 15.6 Å². The lowest BCUT2D eigenvalue weighted by Crippen LogP contribution is -2.51. The number of fused-ring (bicyclic) bond motifs is 4. The molecule has 10 heteroatoms. The Bertz CT molecular complexity index is 1630. The molecule has 0 saturated heterocycles. The number of aromatic nitrogens is 2. The van der Waals surface area contributed by atoms with Gasteiger partial charge in [-0.15, -0.1) is 0 Å². The maximum Gasteiger partial charge on any atom is 0.264 e. The molecule has 1 fully saturated rings. The Balaban J connectivity index is 1.61. The lowest BCUT2D eigenvalue weighted by atomic mass is 9.67. The normalized spacial score (nSPS) is 22.0. The molecule has 1 amide bonds. The first kappa shape index (κ1) is 31.9. The molecule has 3 aromatic rings. The van der Waals surface area contributed by atoms with Crippen molar-refractivity contribution in [2.45, 2.75) is 84.3 Å². The van der Waals surface area contributed by atoms with Gasteiger partial charge >= 0.3 is 0 Å². The van der Waals surface area contributed by atoms with Crippen molar-refractivity contribution < 1.29 is 23.1 Å². The lowest BCUT2D eigenvalue weighted by Gasteiger charge is -2.46. The highest BCUT2D eigenvalue weighted by Gasteiger charge is 2.41. The van der Waals surface area contributed by atoms with Crippen LogP contribution in [0.1, 0.15) is 75.4 Å². The van der Waals surface area contributed by atoms with Crippen LogP contribution in [0.15, 0.2) is 53.4 Å². The van der Waals surface area contributed by atoms with E-state index in [4.69, 9.17) is 4.74 Å². The second-order valence-corrected chi connectivity index (χ2v) is 15.9. The van der Waals surface area contributed by atoms with Gasteiger partial charge in [-0.05, 0) is 93.5 Å². The molecule has 1 aromatic heterocycles. The van der Waals surface area contributed by atoms with E-state index in [0.717, 1.165) is 29.5 Å². The van der Waals surface area contributed by atoms with E-state index in [-0.39, 0.29) is 58.1 Å². The first-order valence-electron chi connectivity index (χ1n) is 15.2. The fourth-order valence-electron chi connectivity index (χ4n) is 6.32. The number of rotatable bonds is 5. The highest BCUT2D eigenvalue weighted by molar-refractivity contribution is 7.92. The molecule has 2 N–H and O–H groups in total. The van der Waals surface area contributed by atoms with Crippen LogP contribution in [-0.2, 0) is 10.0 Å². The van der Waals surface area contributed by atoms with Gasteiger partial charge in [0.2, 0.25) is 11.8 Å². The minimum absolute atomic E-state index is 0.0517. The molecule has 1 aliphatic heterocycles. The first-order chi connectivity index (χ1) is 20.5. The molecule has 9 nitrogen and oxygen atoms in total. The maximum absolute atomic E-state index is 14.3. The predicted octanol–water partition coefficient (Wildman–Crippen LogP) is 6.00. The molecule has 1 saturated carbocycles. The number of sulfonamides is 1. The zero-order chi connectivity index (χ0) is 32.0. The van der Waals surface area contributed by atoms with Crippen LogP contribution in [0.2, 0.25) is 0 Å². The number of aliphatic hydroxyl groups is 1. The molecule has 4 bridgehead atoms. The van der Waals surface area contributed by atoms with Crippen molar-refractivity contribution in [3.05, 3.63) is 65.2 Å². The van der Waals surface area contributed by atoms with E-state index >= 15 is 0 Å². The standard InChI is InChI=1S/C34H44N4O5S/c1-21-10-8-11-22(2)30(21)28-17-29-36-32(35-28)37-44(41,42)27-13-9-12-24(16-27)31(39)38(26(20-43-29)18-33(3,4)5)19-23-14-25(15-23)34(6,7)40/h8-13,16-17,23,25-26,40H,14-15,18-20H2,1-7H3,(H,35,36,37)/t23?,25?,26-/m1/s1. The second kappa shape index (κ2) is 11.8. The molecular weight excluding hydrogens is 576 g/mol. The van der Waals surface area contributed by atoms with Gasteiger partial charge in [0.15, 0.2) is 0 Å². The highest BCUT2D eigenvalue weighted by Crippen LogP contribution is 2.42. The molecule has 0 spiro atoms. The van der Waals surface area contributed by atoms with E-state index in [9.17, 15) is 18.3 Å². The smallest absolute Gasteiger partial charge is 0.264 e. The minimum Gasteiger partial charge on any atom is -0.475 e. The number of carbonyl (C=O) groups is 1. The number of benzene rings is 2. The molecule has 1 atom stereocenters. The van der Waals surface area contributed by atoms with Crippen LogP contribution in [0.4, 0.5) is 5.95 Å². The Labute approximate surface area is 261 Å². The van der Waals surface area contributed by atoms with Gasteiger partial charge in [-0.2, -0.15) is 4.98 Å². The summed E-state index contributed by atoms with van der Waals surface area (Å²) in [6, 6.07) is 13.5. The van der Waals surface area contributed by atoms with Crippen LogP contribution in [0.3, 0.4) is 0 Å². The SMILES string of the molecule is Cc1cccc(C)c1-c1cc2nc(n1)NS(=O)(=O)c1cccc(c1)C(=O)N(CC1CC(C(C)(C)O)C1)[C@H](CC(C)(C)C)CO2. The zero-order valence-electron chi connectivity index (χ0n) is 26.7. The molecule has 5 rings (SSSR count). The summed E-state index contributed by atoms with van der Waals surface area (Å²) in [4.78, 5) is 25.1. The lowest BCUT2D eigenvalue weighted by molar-refractivity contribution is -0.0514. The van der Waals surface area contributed by atoms with E-state index in [2.05, 4.69) is 35.5 Å². The molecule has 0 unspecified atom stereocenters. The number of anilines is 1. The van der Waals surface area contributed by atoms with Crippen molar-refractivity contribution in [2.24, 2.45) is 17.3 Å². The summed E-state index contributed by atoms with van der Waals surface area (Å²) in [5.41, 5.74) is 2.77. The van der Waals surface area contributed by atoms with Crippen molar-refractivity contribution in [1.82, 2.24) is 14.9 Å². The summed E-state index contributed by atoms with van der Waals surface area (Å²) in [5.74, 6) is 0.243. The van der Waals surface area contributed by atoms with Gasteiger partial charge < -0.3 is 14.7 Å². The Morgan fingerprint density at radius 2 is 1.66 bits per heavy atom. The van der Waals surface area contributed by atoms with Crippen molar-refractivity contribution in [3.63, 3.8) is 0 Å². The maximum atomic E-state index is 14.3. The predicted molar refractivity (Wildman–Crippen MR) is 171 cm³/mol. The average Bonchev–Trinajstić information content (AvgIpc) is 2.88. The van der Waals surface area contributed by atoms with Gasteiger partial charge in [0.1, 0.15) is 6.61 Å². The molecule has 2 heterocycles. The number of carbonyl (C=O) groups excluding carboxylic acids is 1. The Kier molecular flexibility index (Phi) is 8.54. The van der Waals surface area contributed by atoms with Crippen molar-refractivity contribution in [2.75, 3.05) is 17.9 Å². The third-order valence-electron chi connectivity index (χ3n) is 8.72. The number of hydrogen-bond acceptors (Lipinski definition) is 7. The van der Waals surface area contributed by atoms with Crippen molar-refractivity contribution in [1.29, 1.82) is 0 Å². The molecular formula is C34H44N4O5S. The fourth-order valence-corrected chi connectivity index (χ4v) is 7.31. The molecule has 2 aliphatic rings. The Morgan fingerprint density at radius 3 is 2.30 bits per heavy atom. The van der Waals surface area contributed by atoms with Gasteiger partial charge in [0, 0.05) is 23.7 Å². The topological polar surface area (TPSA) is 122 Å². The largest absolute Gasteiger partial charge is 0.475 e. The van der Waals surface area contributed by atoms with Crippen LogP contribution in [0.5, 0.6) is 5.88 Å². The van der Waals surface area contributed by atoms with Crippen LogP contribution >= 0.6 is 0 Å². The van der Waals surface area contributed by atoms with Crippen molar-refractivity contribution in [3.8, 4) is 17.1 Å². The first-order valence-corrected chi connectivity index (χ1v) is 16.7. The summed E-state index contributed by atoms with van der Waals surface area (Å²) < 4.78 is 36.0. The average molecular weight is 621 g/mol. The van der Waals surface area contributed by atoms with Gasteiger partial charge in [-0.3, -0.25) is 4.79 Å². The van der Waals surface area contributed by atoms with E-state index in [0.29, 0.717) is 18.7 Å². The quantitative estimate of drug-likeness (QED) is 0.359. The van der Waals surface area contributed by atoms with Crippen LogP contribution < -0.4 is 9.46 Å². The second-order valence-electron chi connectivity index (χ2n) is 14.2. The molecule has 0 radical (unpaired) electrons. The van der Waals surface area contributed by atoms with Crippen molar-refractivity contribution >= 4 is 21.9 Å². The number of aryl methyl sites for hydroxylation is 2. The van der Waals surface area contributed by atoms with Gasteiger partial charge in [-0.1, -0.05) is 45.0 Å². The van der Waals surface area contributed by atoms with Crippen LogP contribution in [0, 0.1) is 31.1 Å². The Morgan fingerprint density at radius 1 is 1.00 bits per heavy atom. The third kappa shape index (κ3) is 7.07.